The average Bonchev–Trinajstić information content (AvgIpc) is 3.30. The van der Waals surface area contributed by atoms with Crippen LogP contribution in [-0.4, -0.2) is 15.6 Å². The number of carbonyl (C=O) groups is 1. The Morgan fingerprint density at radius 2 is 1.69 bits per heavy atom. The summed E-state index contributed by atoms with van der Waals surface area (Å²) in [5.41, 5.74) is 7.56. The molecule has 0 unspecified atom stereocenters. The molecule has 2 heterocycles. The molecule has 4 nitrogen and oxygen atoms in total. The number of rotatable bonds is 3. The van der Waals surface area contributed by atoms with Crippen LogP contribution < -0.4 is 4.74 Å². The van der Waals surface area contributed by atoms with Crippen LogP contribution in [-0.2, 0) is 0 Å². The molecule has 0 aliphatic carbocycles. The van der Waals surface area contributed by atoms with Crippen molar-refractivity contribution in [3.63, 3.8) is 0 Å². The number of halogens is 1. The van der Waals surface area contributed by atoms with Crippen molar-refractivity contribution in [2.24, 2.45) is 0 Å². The van der Waals surface area contributed by atoms with E-state index in [1.165, 1.54) is 5.56 Å². The van der Waals surface area contributed by atoms with Crippen LogP contribution in [0.15, 0.2) is 72.6 Å². The molecule has 0 bridgehead atoms. The van der Waals surface area contributed by atoms with E-state index in [0.717, 1.165) is 33.6 Å². The van der Waals surface area contributed by atoms with Crippen molar-refractivity contribution >= 4 is 23.5 Å². The molecular formula is C27H21ClN2O2. The molecule has 1 aliphatic heterocycles. The topological polar surface area (TPSA) is 44.1 Å². The van der Waals surface area contributed by atoms with Crippen LogP contribution in [0.1, 0.15) is 32.6 Å². The highest BCUT2D eigenvalue weighted by molar-refractivity contribution is 6.31. The lowest BCUT2D eigenvalue weighted by atomic mass is 9.95. The summed E-state index contributed by atoms with van der Waals surface area (Å²) in [5.74, 6) is 0.599. The number of ether oxygens (including phenoxy) is 1. The summed E-state index contributed by atoms with van der Waals surface area (Å²) in [7, 11) is 0. The maximum atomic E-state index is 13.0. The fourth-order valence-electron chi connectivity index (χ4n) is 4.26. The maximum Gasteiger partial charge on any atom is 0.232 e. The van der Waals surface area contributed by atoms with Gasteiger partial charge in [-0.05, 0) is 68.3 Å². The van der Waals surface area contributed by atoms with Gasteiger partial charge in [-0.3, -0.25) is 4.79 Å². The normalized spacial score (nSPS) is 14.0. The predicted octanol–water partition coefficient (Wildman–Crippen LogP) is 6.73. The van der Waals surface area contributed by atoms with Crippen LogP contribution in [0.4, 0.5) is 0 Å². The van der Waals surface area contributed by atoms with Gasteiger partial charge in [-0.2, -0.15) is 5.10 Å². The average molecular weight is 441 g/mol. The number of hydrogen-bond acceptors (Lipinski definition) is 3. The fourth-order valence-corrected chi connectivity index (χ4v) is 4.43. The molecule has 5 heteroatoms. The van der Waals surface area contributed by atoms with Gasteiger partial charge < -0.3 is 4.74 Å². The Kier molecular flexibility index (Phi) is 4.95. The first-order valence-electron chi connectivity index (χ1n) is 10.4. The Morgan fingerprint density at radius 3 is 2.41 bits per heavy atom. The first kappa shape index (κ1) is 20.3. The molecule has 0 fully saturated rings. The van der Waals surface area contributed by atoms with Gasteiger partial charge in [0.15, 0.2) is 5.76 Å². The van der Waals surface area contributed by atoms with Crippen molar-refractivity contribution in [3.8, 4) is 22.7 Å². The summed E-state index contributed by atoms with van der Waals surface area (Å²) in [6.45, 7) is 6.26. The summed E-state index contributed by atoms with van der Waals surface area (Å²) < 4.78 is 7.72. The molecule has 0 amide bonds. The van der Waals surface area contributed by atoms with Crippen molar-refractivity contribution in [1.29, 1.82) is 0 Å². The molecule has 0 atom stereocenters. The van der Waals surface area contributed by atoms with E-state index in [0.29, 0.717) is 16.3 Å². The number of Topliss-reactive ketones (excluding diaryl/α,β-unsaturated/α-hetero) is 1. The number of aryl methyl sites for hydroxylation is 3. The van der Waals surface area contributed by atoms with E-state index in [4.69, 9.17) is 21.4 Å². The van der Waals surface area contributed by atoms with E-state index in [9.17, 15) is 4.79 Å². The van der Waals surface area contributed by atoms with Crippen LogP contribution in [0.3, 0.4) is 0 Å². The highest BCUT2D eigenvalue weighted by Crippen LogP contribution is 2.36. The van der Waals surface area contributed by atoms with E-state index < -0.39 is 0 Å². The van der Waals surface area contributed by atoms with Gasteiger partial charge in [0.05, 0.1) is 11.3 Å². The molecule has 0 spiro atoms. The van der Waals surface area contributed by atoms with Gasteiger partial charge in [0.25, 0.3) is 0 Å². The van der Waals surface area contributed by atoms with Crippen LogP contribution >= 0.6 is 11.6 Å². The van der Waals surface area contributed by atoms with Gasteiger partial charge in [-0.25, -0.2) is 4.68 Å². The first-order valence-corrected chi connectivity index (χ1v) is 10.8. The summed E-state index contributed by atoms with van der Waals surface area (Å²) in [5, 5.41) is 5.42. The molecule has 0 radical (unpaired) electrons. The van der Waals surface area contributed by atoms with Crippen molar-refractivity contribution < 1.29 is 9.53 Å². The first-order chi connectivity index (χ1) is 15.4. The number of carbonyl (C=O) groups excluding carboxylic acids is 1. The number of hydrogen-bond donors (Lipinski definition) is 0. The molecular weight excluding hydrogens is 420 g/mol. The lowest BCUT2D eigenvalue weighted by Crippen LogP contribution is -1.99. The van der Waals surface area contributed by atoms with E-state index >= 15 is 0 Å². The fraction of sp³-hybridized carbons (Fsp3) is 0.111. The second-order valence-corrected chi connectivity index (χ2v) is 8.50. The lowest BCUT2D eigenvalue weighted by molar-refractivity contribution is 0.101. The second kappa shape index (κ2) is 7.81. The van der Waals surface area contributed by atoms with Gasteiger partial charge in [0, 0.05) is 22.3 Å². The zero-order valence-corrected chi connectivity index (χ0v) is 18.8. The molecule has 32 heavy (non-hydrogen) atoms. The number of allylic oxidation sites excluding steroid dienone is 1. The summed E-state index contributed by atoms with van der Waals surface area (Å²) in [4.78, 5) is 13.0. The molecule has 0 N–H and O–H groups in total. The smallest absolute Gasteiger partial charge is 0.232 e. The predicted molar refractivity (Wildman–Crippen MR) is 128 cm³/mol. The highest BCUT2D eigenvalue weighted by atomic mass is 35.5. The SMILES string of the molecule is Cc1cc(C)c(-c2nn(-c3ccccc3)cc2/C=C2\Oc3ccc(Cl)cc3C2=O)c(C)c1. The molecule has 4 aromatic rings. The van der Waals surface area contributed by atoms with Crippen molar-refractivity contribution in [3.05, 3.63) is 105 Å². The largest absolute Gasteiger partial charge is 0.452 e. The second-order valence-electron chi connectivity index (χ2n) is 8.07. The number of aromatic nitrogens is 2. The van der Waals surface area contributed by atoms with Gasteiger partial charge >= 0.3 is 0 Å². The molecule has 1 aromatic heterocycles. The van der Waals surface area contributed by atoms with E-state index in [2.05, 4.69) is 32.9 Å². The van der Waals surface area contributed by atoms with Crippen LogP contribution in [0.2, 0.25) is 5.02 Å². The van der Waals surface area contributed by atoms with Crippen LogP contribution in [0.25, 0.3) is 23.0 Å². The third kappa shape index (κ3) is 3.53. The minimum Gasteiger partial charge on any atom is -0.452 e. The Labute approximate surface area is 191 Å². The highest BCUT2D eigenvalue weighted by Gasteiger charge is 2.28. The van der Waals surface area contributed by atoms with E-state index in [1.807, 2.05) is 41.2 Å². The van der Waals surface area contributed by atoms with Gasteiger partial charge in [-0.1, -0.05) is 47.5 Å². The van der Waals surface area contributed by atoms with Gasteiger partial charge in [-0.15, -0.1) is 0 Å². The van der Waals surface area contributed by atoms with E-state index in [-0.39, 0.29) is 11.5 Å². The zero-order chi connectivity index (χ0) is 22.4. The molecule has 0 saturated carbocycles. The van der Waals surface area contributed by atoms with Crippen LogP contribution in [0.5, 0.6) is 5.75 Å². The number of para-hydroxylation sites is 1. The van der Waals surface area contributed by atoms with Crippen LogP contribution in [0, 0.1) is 20.8 Å². The molecule has 158 valence electrons. The molecule has 1 aliphatic rings. The monoisotopic (exact) mass is 440 g/mol. The Morgan fingerprint density at radius 1 is 0.969 bits per heavy atom. The van der Waals surface area contributed by atoms with Gasteiger partial charge in [0.1, 0.15) is 11.4 Å². The third-order valence-corrected chi connectivity index (χ3v) is 5.83. The van der Waals surface area contributed by atoms with E-state index in [1.54, 1.807) is 24.3 Å². The molecule has 5 rings (SSSR count). The minimum absolute atomic E-state index is 0.182. The van der Waals surface area contributed by atoms with Crippen molar-refractivity contribution in [2.45, 2.75) is 20.8 Å². The van der Waals surface area contributed by atoms with Crippen molar-refractivity contribution in [1.82, 2.24) is 9.78 Å². The Balaban J connectivity index is 1.68. The summed E-state index contributed by atoms with van der Waals surface area (Å²) >= 11 is 6.08. The minimum atomic E-state index is -0.182. The number of fused-ring (bicyclic) bond motifs is 1. The Bertz CT molecular complexity index is 1380. The lowest BCUT2D eigenvalue weighted by Gasteiger charge is -2.10. The standard InChI is InChI=1S/C27H21ClN2O2/c1-16-11-17(2)25(18(3)12-16)26-19(15-30(29-26)21-7-5-4-6-8-21)13-24-27(31)22-14-20(28)9-10-23(22)32-24/h4-15H,1-3H3/b24-13-. The summed E-state index contributed by atoms with van der Waals surface area (Å²) in [6, 6.07) is 19.3. The molecule has 3 aromatic carbocycles. The number of benzene rings is 3. The summed E-state index contributed by atoms with van der Waals surface area (Å²) in [6.07, 6.45) is 3.71. The van der Waals surface area contributed by atoms with Gasteiger partial charge in [0.2, 0.25) is 5.78 Å². The maximum absolute atomic E-state index is 13.0. The number of ketones is 1. The quantitative estimate of drug-likeness (QED) is 0.331. The third-order valence-electron chi connectivity index (χ3n) is 5.59. The number of nitrogens with zero attached hydrogens (tertiary/aromatic N) is 2. The molecule has 0 saturated heterocycles. The Hall–Kier alpha value is -3.63. The van der Waals surface area contributed by atoms with Crippen molar-refractivity contribution in [2.75, 3.05) is 0 Å². The zero-order valence-electron chi connectivity index (χ0n) is 18.0.